The largest absolute Gasteiger partial charge is 0.336 e. The second-order valence-corrected chi connectivity index (χ2v) is 9.61. The number of rotatable bonds is 5. The lowest BCUT2D eigenvalue weighted by Crippen LogP contribution is -2.52. The number of hydrogen-bond donors (Lipinski definition) is 0. The van der Waals surface area contributed by atoms with Crippen LogP contribution in [0.2, 0.25) is 0 Å². The fraction of sp³-hybridized carbons (Fsp3) is 0.476. The molecule has 1 heterocycles. The first-order valence-corrected chi connectivity index (χ1v) is 11.0. The van der Waals surface area contributed by atoms with E-state index in [2.05, 4.69) is 0 Å². The Balaban J connectivity index is 1.95. The Kier molecular flexibility index (Phi) is 5.58. The molecule has 5 nitrogen and oxygen atoms in total. The molecule has 1 amide bonds. The summed E-state index contributed by atoms with van der Waals surface area (Å²) in [6, 6.07) is 12.3. The maximum absolute atomic E-state index is 13.3. The van der Waals surface area contributed by atoms with Gasteiger partial charge in [-0.25, -0.2) is 8.42 Å². The zero-order valence-corrected chi connectivity index (χ0v) is 17.2. The van der Waals surface area contributed by atoms with Gasteiger partial charge in [-0.1, -0.05) is 30.3 Å². The van der Waals surface area contributed by atoms with Crippen LogP contribution in [0, 0.1) is 0 Å². The van der Waals surface area contributed by atoms with Crippen LogP contribution in [0.5, 0.6) is 0 Å². The number of amides is 1. The third-order valence-electron chi connectivity index (χ3n) is 5.18. The van der Waals surface area contributed by atoms with Gasteiger partial charge in [0.15, 0.2) is 0 Å². The van der Waals surface area contributed by atoms with Gasteiger partial charge in [-0.3, -0.25) is 4.79 Å². The molecule has 27 heavy (non-hydrogen) atoms. The van der Waals surface area contributed by atoms with Crippen molar-refractivity contribution in [3.8, 4) is 0 Å². The molecule has 1 saturated heterocycles. The fourth-order valence-electron chi connectivity index (χ4n) is 4.02. The monoisotopic (exact) mass is 388 g/mol. The first-order chi connectivity index (χ1) is 12.7. The number of carbonyl (C=O) groups excluding carboxylic acids is 1. The van der Waals surface area contributed by atoms with Gasteiger partial charge in [0.25, 0.3) is 0 Å². The van der Waals surface area contributed by atoms with Crippen molar-refractivity contribution in [2.75, 3.05) is 6.54 Å². The van der Waals surface area contributed by atoms with Crippen LogP contribution in [-0.2, 0) is 14.8 Å². The standard InChI is InChI=1S/C21H28N2O3S/c1-15(2)23(16(3)4)21(24)20-10-7-13-22(20)27(25,26)19-12-11-17-8-5-6-9-18(17)14-19/h5-6,8-9,11-12,14-16,20H,7,10,13H2,1-4H3/t20-/m0/s1. The lowest BCUT2D eigenvalue weighted by Gasteiger charge is -2.35. The van der Waals surface area contributed by atoms with E-state index in [0.29, 0.717) is 19.4 Å². The van der Waals surface area contributed by atoms with Crippen LogP contribution in [-0.4, -0.2) is 48.2 Å². The van der Waals surface area contributed by atoms with Crippen LogP contribution < -0.4 is 0 Å². The molecule has 0 bridgehead atoms. The smallest absolute Gasteiger partial charge is 0.243 e. The molecule has 1 aliphatic rings. The van der Waals surface area contributed by atoms with Gasteiger partial charge in [0.05, 0.1) is 4.90 Å². The van der Waals surface area contributed by atoms with Crippen molar-refractivity contribution in [3.05, 3.63) is 42.5 Å². The zero-order valence-electron chi connectivity index (χ0n) is 16.4. The molecule has 0 aromatic heterocycles. The highest BCUT2D eigenvalue weighted by Crippen LogP contribution is 2.29. The SMILES string of the molecule is CC(C)N(C(=O)[C@@H]1CCCN1S(=O)(=O)c1ccc2ccccc2c1)C(C)C. The third-order valence-corrected chi connectivity index (χ3v) is 7.09. The van der Waals surface area contributed by atoms with Crippen molar-refractivity contribution in [1.82, 2.24) is 9.21 Å². The fourth-order valence-corrected chi connectivity index (χ4v) is 5.70. The first-order valence-electron chi connectivity index (χ1n) is 9.56. The summed E-state index contributed by atoms with van der Waals surface area (Å²) in [5, 5.41) is 1.88. The van der Waals surface area contributed by atoms with Gasteiger partial charge in [-0.15, -0.1) is 0 Å². The van der Waals surface area contributed by atoms with Crippen LogP contribution in [0.1, 0.15) is 40.5 Å². The van der Waals surface area contributed by atoms with E-state index in [4.69, 9.17) is 0 Å². The minimum atomic E-state index is -3.72. The quantitative estimate of drug-likeness (QED) is 0.786. The van der Waals surface area contributed by atoms with Gasteiger partial charge in [0.1, 0.15) is 6.04 Å². The minimum Gasteiger partial charge on any atom is -0.336 e. The van der Waals surface area contributed by atoms with Gasteiger partial charge >= 0.3 is 0 Å². The maximum atomic E-state index is 13.3. The van der Waals surface area contributed by atoms with Gasteiger partial charge in [-0.05, 0) is 63.4 Å². The topological polar surface area (TPSA) is 57.7 Å². The molecule has 0 unspecified atom stereocenters. The summed E-state index contributed by atoms with van der Waals surface area (Å²) in [7, 11) is -3.72. The molecular weight excluding hydrogens is 360 g/mol. The van der Waals surface area contributed by atoms with Crippen LogP contribution >= 0.6 is 0 Å². The second kappa shape index (κ2) is 7.60. The summed E-state index contributed by atoms with van der Waals surface area (Å²) in [5.74, 6) is -0.0955. The molecule has 0 spiro atoms. The Labute approximate surface area is 162 Å². The van der Waals surface area contributed by atoms with Crippen molar-refractivity contribution in [2.45, 2.75) is 63.6 Å². The van der Waals surface area contributed by atoms with Crippen LogP contribution in [0.3, 0.4) is 0 Å². The number of nitrogens with zero attached hydrogens (tertiary/aromatic N) is 2. The first kappa shape index (κ1) is 19.8. The van der Waals surface area contributed by atoms with Crippen molar-refractivity contribution < 1.29 is 13.2 Å². The molecular formula is C21H28N2O3S. The van der Waals surface area contributed by atoms with E-state index < -0.39 is 16.1 Å². The average molecular weight is 389 g/mol. The van der Waals surface area contributed by atoms with Crippen molar-refractivity contribution in [3.63, 3.8) is 0 Å². The lowest BCUT2D eigenvalue weighted by atomic mass is 10.1. The van der Waals surface area contributed by atoms with Crippen molar-refractivity contribution in [2.24, 2.45) is 0 Å². The molecule has 1 aliphatic heterocycles. The third kappa shape index (κ3) is 3.73. The summed E-state index contributed by atoms with van der Waals surface area (Å²) in [6.07, 6.45) is 1.27. The van der Waals surface area contributed by atoms with E-state index in [0.717, 1.165) is 10.8 Å². The molecule has 6 heteroatoms. The normalized spacial score (nSPS) is 18.5. The maximum Gasteiger partial charge on any atom is 0.243 e. The summed E-state index contributed by atoms with van der Waals surface area (Å²) in [4.78, 5) is 15.2. The molecule has 0 aliphatic carbocycles. The van der Waals surface area contributed by atoms with Crippen molar-refractivity contribution in [1.29, 1.82) is 0 Å². The summed E-state index contributed by atoms with van der Waals surface area (Å²) in [5.41, 5.74) is 0. The van der Waals surface area contributed by atoms with Crippen molar-refractivity contribution >= 4 is 26.7 Å². The molecule has 1 fully saturated rings. The second-order valence-electron chi connectivity index (χ2n) is 7.72. The molecule has 0 N–H and O–H groups in total. The Bertz CT molecular complexity index is 929. The molecule has 2 aromatic rings. The van der Waals surface area contributed by atoms with Crippen LogP contribution in [0.4, 0.5) is 0 Å². The van der Waals surface area contributed by atoms with Crippen LogP contribution in [0.15, 0.2) is 47.4 Å². The van der Waals surface area contributed by atoms with E-state index in [9.17, 15) is 13.2 Å². The summed E-state index contributed by atoms with van der Waals surface area (Å²) < 4.78 is 28.0. The molecule has 2 aromatic carbocycles. The van der Waals surface area contributed by atoms with Gasteiger partial charge in [0.2, 0.25) is 15.9 Å². The molecule has 1 atom stereocenters. The molecule has 146 valence electrons. The highest BCUT2D eigenvalue weighted by Gasteiger charge is 2.42. The Hall–Kier alpha value is -1.92. The number of benzene rings is 2. The van der Waals surface area contributed by atoms with Gasteiger partial charge in [0, 0.05) is 18.6 Å². The van der Waals surface area contributed by atoms with Gasteiger partial charge in [-0.2, -0.15) is 4.31 Å². The van der Waals surface area contributed by atoms with E-state index in [1.54, 1.807) is 17.0 Å². The summed E-state index contributed by atoms with van der Waals surface area (Å²) >= 11 is 0. The molecule has 3 rings (SSSR count). The van der Waals surface area contributed by atoms with Crippen LogP contribution in [0.25, 0.3) is 10.8 Å². The number of carbonyl (C=O) groups is 1. The van der Waals surface area contributed by atoms with E-state index in [-0.39, 0.29) is 22.9 Å². The average Bonchev–Trinajstić information content (AvgIpc) is 3.11. The summed E-state index contributed by atoms with van der Waals surface area (Å²) in [6.45, 7) is 8.25. The van der Waals surface area contributed by atoms with E-state index in [1.807, 2.05) is 58.0 Å². The Morgan fingerprint density at radius 2 is 1.67 bits per heavy atom. The number of sulfonamides is 1. The van der Waals surface area contributed by atoms with Gasteiger partial charge < -0.3 is 4.90 Å². The predicted octanol–water partition coefficient (Wildman–Crippen LogP) is 3.64. The molecule has 0 radical (unpaired) electrons. The van der Waals surface area contributed by atoms with E-state index in [1.165, 1.54) is 4.31 Å². The highest BCUT2D eigenvalue weighted by molar-refractivity contribution is 7.89. The van der Waals surface area contributed by atoms with E-state index >= 15 is 0 Å². The Morgan fingerprint density at radius 1 is 1.04 bits per heavy atom. The highest BCUT2D eigenvalue weighted by atomic mass is 32.2. The molecule has 0 saturated carbocycles. The Morgan fingerprint density at radius 3 is 2.30 bits per heavy atom. The zero-order chi connectivity index (χ0) is 19.8. The predicted molar refractivity (Wildman–Crippen MR) is 108 cm³/mol. The number of hydrogen-bond acceptors (Lipinski definition) is 3. The minimum absolute atomic E-state index is 0.0309. The lowest BCUT2D eigenvalue weighted by molar-refractivity contribution is -0.138. The number of fused-ring (bicyclic) bond motifs is 1.